The van der Waals surface area contributed by atoms with E-state index in [1.54, 1.807) is 12.1 Å². The van der Waals surface area contributed by atoms with Crippen molar-refractivity contribution < 1.29 is 28.5 Å². The monoisotopic (exact) mass is 410 g/mol. The van der Waals surface area contributed by atoms with E-state index in [0.717, 1.165) is 25.2 Å². The van der Waals surface area contributed by atoms with Crippen LogP contribution in [0.4, 0.5) is 5.69 Å². The number of benzene rings is 1. The summed E-state index contributed by atoms with van der Waals surface area (Å²) < 4.78 is 20.9. The maximum Gasteiger partial charge on any atom is 0.306 e. The molecule has 2 N–H and O–H groups in total. The third-order valence-corrected chi connectivity index (χ3v) is 4.14. The predicted octanol–water partition coefficient (Wildman–Crippen LogP) is 2.03. The van der Waals surface area contributed by atoms with Gasteiger partial charge in [-0.25, -0.2) is 0 Å². The normalized spacial score (nSPS) is 15.7. The quantitative estimate of drug-likeness (QED) is 0.344. The molecule has 8 nitrogen and oxygen atoms in total. The van der Waals surface area contributed by atoms with Crippen molar-refractivity contribution in [2.24, 2.45) is 0 Å². The summed E-state index contributed by atoms with van der Waals surface area (Å²) in [6.45, 7) is 1.83. The van der Waals surface area contributed by atoms with Crippen molar-refractivity contribution in [2.45, 2.75) is 31.8 Å². The van der Waals surface area contributed by atoms with Crippen LogP contribution in [0.2, 0.25) is 0 Å². The van der Waals surface area contributed by atoms with Crippen molar-refractivity contribution in [2.75, 3.05) is 38.9 Å². The van der Waals surface area contributed by atoms with Gasteiger partial charge in [0.15, 0.2) is 5.11 Å². The van der Waals surface area contributed by atoms with E-state index < -0.39 is 5.97 Å². The Morgan fingerprint density at radius 2 is 2.00 bits per heavy atom. The molecular formula is C19H26N2O6S. The number of carbonyl (C=O) groups is 2. The van der Waals surface area contributed by atoms with E-state index >= 15 is 0 Å². The first-order valence-corrected chi connectivity index (χ1v) is 9.57. The minimum absolute atomic E-state index is 0.0103. The van der Waals surface area contributed by atoms with Gasteiger partial charge in [-0.1, -0.05) is 0 Å². The number of carbonyl (C=O) groups excluding carboxylic acids is 2. The van der Waals surface area contributed by atoms with Crippen molar-refractivity contribution in [3.05, 3.63) is 24.3 Å². The standard InChI is InChI=1S/C19H26N2O6S/c1-24-11-12-26-18(23)9-8-17(22)21-19(28)20-14-4-6-15(7-5-14)27-13-16-3-2-10-25-16/h4-7,16H,2-3,8-13H2,1H3,(H2,20,21,22,28)/t16-/m0/s1. The molecule has 0 aliphatic carbocycles. The Balaban J connectivity index is 1.64. The van der Waals surface area contributed by atoms with Crippen molar-refractivity contribution in [1.82, 2.24) is 5.32 Å². The van der Waals surface area contributed by atoms with E-state index in [1.807, 2.05) is 12.1 Å². The van der Waals surface area contributed by atoms with E-state index in [0.29, 0.717) is 18.9 Å². The van der Waals surface area contributed by atoms with Gasteiger partial charge in [0.05, 0.1) is 19.1 Å². The molecule has 28 heavy (non-hydrogen) atoms. The molecule has 1 aromatic rings. The summed E-state index contributed by atoms with van der Waals surface area (Å²) in [5.74, 6) is -0.0784. The summed E-state index contributed by atoms with van der Waals surface area (Å²) in [7, 11) is 1.52. The van der Waals surface area contributed by atoms with Crippen molar-refractivity contribution in [3.63, 3.8) is 0 Å². The number of hydrogen-bond donors (Lipinski definition) is 2. The first-order valence-electron chi connectivity index (χ1n) is 9.16. The van der Waals surface area contributed by atoms with Crippen LogP contribution in [-0.2, 0) is 23.8 Å². The van der Waals surface area contributed by atoms with E-state index in [4.69, 9.17) is 31.2 Å². The van der Waals surface area contributed by atoms with Crippen molar-refractivity contribution in [1.29, 1.82) is 0 Å². The lowest BCUT2D eigenvalue weighted by Gasteiger charge is -2.13. The molecule has 0 spiro atoms. The highest BCUT2D eigenvalue weighted by atomic mass is 32.1. The highest BCUT2D eigenvalue weighted by molar-refractivity contribution is 7.80. The molecule has 1 amide bonds. The molecular weight excluding hydrogens is 384 g/mol. The van der Waals surface area contributed by atoms with Crippen LogP contribution in [0.3, 0.4) is 0 Å². The van der Waals surface area contributed by atoms with Gasteiger partial charge in [0.2, 0.25) is 5.91 Å². The average Bonchev–Trinajstić information content (AvgIpc) is 3.19. The first kappa shape index (κ1) is 22.1. The Morgan fingerprint density at radius 1 is 1.21 bits per heavy atom. The number of amides is 1. The van der Waals surface area contributed by atoms with Crippen LogP contribution in [0.15, 0.2) is 24.3 Å². The Bertz CT molecular complexity index is 646. The van der Waals surface area contributed by atoms with Crippen LogP contribution >= 0.6 is 12.2 Å². The maximum atomic E-state index is 11.8. The van der Waals surface area contributed by atoms with E-state index in [-0.39, 0.29) is 36.6 Å². The molecule has 1 fully saturated rings. The molecule has 1 aliphatic rings. The van der Waals surface area contributed by atoms with Crippen LogP contribution in [-0.4, -0.2) is 56.6 Å². The van der Waals surface area contributed by atoms with Gasteiger partial charge in [-0.15, -0.1) is 0 Å². The number of esters is 1. The summed E-state index contributed by atoms with van der Waals surface area (Å²) in [4.78, 5) is 23.3. The molecule has 1 atom stereocenters. The summed E-state index contributed by atoms with van der Waals surface area (Å²) in [6, 6.07) is 7.24. The highest BCUT2D eigenvalue weighted by Crippen LogP contribution is 2.18. The summed E-state index contributed by atoms with van der Waals surface area (Å²) in [5.41, 5.74) is 0.716. The largest absolute Gasteiger partial charge is 0.491 e. The van der Waals surface area contributed by atoms with Crippen molar-refractivity contribution >= 4 is 34.9 Å². The zero-order valence-electron chi connectivity index (χ0n) is 15.9. The van der Waals surface area contributed by atoms with Crippen LogP contribution < -0.4 is 15.4 Å². The number of nitrogens with one attached hydrogen (secondary N) is 2. The van der Waals surface area contributed by atoms with Crippen LogP contribution in [0, 0.1) is 0 Å². The molecule has 1 saturated heterocycles. The lowest BCUT2D eigenvalue weighted by molar-refractivity contribution is -0.146. The van der Waals surface area contributed by atoms with Crippen LogP contribution in [0.1, 0.15) is 25.7 Å². The van der Waals surface area contributed by atoms with Gasteiger partial charge < -0.3 is 29.6 Å². The van der Waals surface area contributed by atoms with Gasteiger partial charge in [-0.05, 0) is 49.3 Å². The molecule has 0 aromatic heterocycles. The van der Waals surface area contributed by atoms with Gasteiger partial charge in [0.1, 0.15) is 19.0 Å². The third kappa shape index (κ3) is 8.64. The summed E-state index contributed by atoms with van der Waals surface area (Å²) in [6.07, 6.45) is 2.24. The molecule has 0 unspecified atom stereocenters. The molecule has 0 radical (unpaired) electrons. The van der Waals surface area contributed by atoms with E-state index in [2.05, 4.69) is 10.6 Å². The Hall–Kier alpha value is -2.23. The van der Waals surface area contributed by atoms with Gasteiger partial charge in [0, 0.05) is 25.8 Å². The second-order valence-electron chi connectivity index (χ2n) is 6.19. The van der Waals surface area contributed by atoms with Crippen LogP contribution in [0.5, 0.6) is 5.75 Å². The second kappa shape index (κ2) is 12.3. The van der Waals surface area contributed by atoms with Gasteiger partial charge in [-0.2, -0.15) is 0 Å². The Kier molecular flexibility index (Phi) is 9.67. The minimum atomic E-state index is -0.454. The molecule has 2 rings (SSSR count). The molecule has 154 valence electrons. The molecule has 1 heterocycles. The molecule has 9 heteroatoms. The Labute approximate surface area is 169 Å². The average molecular weight is 410 g/mol. The smallest absolute Gasteiger partial charge is 0.306 e. The second-order valence-corrected chi connectivity index (χ2v) is 6.59. The fourth-order valence-corrected chi connectivity index (χ4v) is 2.71. The summed E-state index contributed by atoms with van der Waals surface area (Å²) >= 11 is 5.11. The van der Waals surface area contributed by atoms with Gasteiger partial charge in [-0.3, -0.25) is 9.59 Å². The number of rotatable bonds is 10. The number of hydrogen-bond acceptors (Lipinski definition) is 7. The lowest BCUT2D eigenvalue weighted by Crippen LogP contribution is -2.34. The predicted molar refractivity (Wildman–Crippen MR) is 107 cm³/mol. The molecule has 1 aromatic carbocycles. The summed E-state index contributed by atoms with van der Waals surface area (Å²) in [5, 5.41) is 5.60. The van der Waals surface area contributed by atoms with Gasteiger partial charge >= 0.3 is 5.97 Å². The number of anilines is 1. The Morgan fingerprint density at radius 3 is 2.68 bits per heavy atom. The van der Waals surface area contributed by atoms with E-state index in [9.17, 15) is 9.59 Å². The first-order chi connectivity index (χ1) is 13.6. The van der Waals surface area contributed by atoms with Crippen LogP contribution in [0.25, 0.3) is 0 Å². The zero-order valence-corrected chi connectivity index (χ0v) is 16.7. The van der Waals surface area contributed by atoms with E-state index in [1.165, 1.54) is 7.11 Å². The van der Waals surface area contributed by atoms with Crippen molar-refractivity contribution in [3.8, 4) is 5.75 Å². The molecule has 0 bridgehead atoms. The fraction of sp³-hybridized carbons (Fsp3) is 0.526. The molecule has 0 saturated carbocycles. The number of ether oxygens (including phenoxy) is 4. The number of thiocarbonyl (C=S) groups is 1. The molecule has 1 aliphatic heterocycles. The van der Waals surface area contributed by atoms with Gasteiger partial charge in [0.25, 0.3) is 0 Å². The highest BCUT2D eigenvalue weighted by Gasteiger charge is 2.16. The lowest BCUT2D eigenvalue weighted by atomic mass is 10.2. The minimum Gasteiger partial charge on any atom is -0.491 e. The SMILES string of the molecule is COCCOC(=O)CCC(=O)NC(=S)Nc1ccc(OC[C@@H]2CCCO2)cc1. The fourth-order valence-electron chi connectivity index (χ4n) is 2.48. The topological polar surface area (TPSA) is 95.1 Å². The maximum absolute atomic E-state index is 11.8. The zero-order chi connectivity index (χ0) is 20.2. The number of methoxy groups -OCH3 is 1. The third-order valence-electron chi connectivity index (χ3n) is 3.93.